The number of rotatable bonds is 9. The zero-order valence-corrected chi connectivity index (χ0v) is 9.96. The van der Waals surface area contributed by atoms with Crippen LogP contribution in [-0.2, 0) is 4.74 Å². The molecule has 1 atom stereocenters. The third-order valence-corrected chi connectivity index (χ3v) is 2.53. The number of hydrogen-bond donors (Lipinski definition) is 1. The molecule has 0 rings (SSSR count). The van der Waals surface area contributed by atoms with Crippen molar-refractivity contribution in [3.8, 4) is 0 Å². The van der Waals surface area contributed by atoms with Gasteiger partial charge in [0.15, 0.2) is 0 Å². The molecule has 0 aliphatic carbocycles. The van der Waals surface area contributed by atoms with Crippen LogP contribution in [0.4, 0.5) is 0 Å². The highest BCUT2D eigenvalue weighted by Crippen LogP contribution is 2.00. The second-order valence-corrected chi connectivity index (χ2v) is 3.76. The molecule has 0 saturated carbocycles. The van der Waals surface area contributed by atoms with Crippen LogP contribution in [0.3, 0.4) is 0 Å². The van der Waals surface area contributed by atoms with E-state index in [9.17, 15) is 0 Å². The van der Waals surface area contributed by atoms with Crippen LogP contribution in [0.15, 0.2) is 0 Å². The summed E-state index contributed by atoms with van der Waals surface area (Å²) >= 11 is 0. The predicted molar refractivity (Wildman–Crippen MR) is 61.5 cm³/mol. The third kappa shape index (κ3) is 7.30. The Kier molecular flexibility index (Phi) is 9.35. The smallest absolute Gasteiger partial charge is 0.0589 e. The quantitative estimate of drug-likeness (QED) is 0.615. The number of ether oxygens (including phenoxy) is 1. The van der Waals surface area contributed by atoms with Crippen LogP contribution in [0, 0.1) is 0 Å². The van der Waals surface area contributed by atoms with Crippen molar-refractivity contribution in [1.29, 1.82) is 0 Å². The van der Waals surface area contributed by atoms with Gasteiger partial charge in [0.2, 0.25) is 0 Å². The van der Waals surface area contributed by atoms with Crippen molar-refractivity contribution in [2.75, 3.05) is 33.4 Å². The average Bonchev–Trinajstić information content (AvgIpc) is 2.19. The Bertz CT molecular complexity index is 120. The van der Waals surface area contributed by atoms with Crippen LogP contribution in [-0.4, -0.2) is 44.3 Å². The van der Waals surface area contributed by atoms with Gasteiger partial charge in [0, 0.05) is 19.7 Å². The number of likely N-dealkylation sites (N-methyl/N-ethyl adjacent to an activating group) is 1. The van der Waals surface area contributed by atoms with Gasteiger partial charge in [-0.1, -0.05) is 20.3 Å². The summed E-state index contributed by atoms with van der Waals surface area (Å²) in [6.07, 6.45) is 3.43. The molecule has 0 aromatic heterocycles. The van der Waals surface area contributed by atoms with Crippen molar-refractivity contribution in [3.63, 3.8) is 0 Å². The highest BCUT2D eigenvalue weighted by molar-refractivity contribution is 4.64. The SMILES string of the molecule is CCCC(N)CCN(CC)CCOC. The zero-order valence-electron chi connectivity index (χ0n) is 9.96. The molecule has 14 heavy (non-hydrogen) atoms. The molecule has 86 valence electrons. The highest BCUT2D eigenvalue weighted by Gasteiger charge is 2.05. The van der Waals surface area contributed by atoms with Crippen molar-refractivity contribution in [1.82, 2.24) is 4.90 Å². The van der Waals surface area contributed by atoms with Gasteiger partial charge < -0.3 is 15.4 Å². The third-order valence-electron chi connectivity index (χ3n) is 2.53. The summed E-state index contributed by atoms with van der Waals surface area (Å²) in [5.41, 5.74) is 5.96. The van der Waals surface area contributed by atoms with Crippen LogP contribution in [0.2, 0.25) is 0 Å². The van der Waals surface area contributed by atoms with Gasteiger partial charge in [-0.05, 0) is 25.9 Å². The maximum Gasteiger partial charge on any atom is 0.0589 e. The maximum absolute atomic E-state index is 5.96. The van der Waals surface area contributed by atoms with E-state index in [1.165, 1.54) is 6.42 Å². The first-order chi connectivity index (χ1) is 6.74. The van der Waals surface area contributed by atoms with Crippen LogP contribution >= 0.6 is 0 Å². The number of nitrogens with two attached hydrogens (primary N) is 1. The average molecular weight is 202 g/mol. The van der Waals surface area contributed by atoms with E-state index < -0.39 is 0 Å². The molecule has 0 aromatic carbocycles. The minimum Gasteiger partial charge on any atom is -0.383 e. The van der Waals surface area contributed by atoms with Gasteiger partial charge in [0.25, 0.3) is 0 Å². The second kappa shape index (κ2) is 9.44. The normalized spacial score (nSPS) is 13.5. The van der Waals surface area contributed by atoms with Crippen molar-refractivity contribution in [2.45, 2.75) is 39.2 Å². The lowest BCUT2D eigenvalue weighted by Crippen LogP contribution is -2.32. The molecule has 2 N–H and O–H groups in total. The van der Waals surface area contributed by atoms with Gasteiger partial charge >= 0.3 is 0 Å². The minimum absolute atomic E-state index is 0.372. The van der Waals surface area contributed by atoms with Crippen molar-refractivity contribution >= 4 is 0 Å². The monoisotopic (exact) mass is 202 g/mol. The molecule has 0 aliphatic heterocycles. The summed E-state index contributed by atoms with van der Waals surface area (Å²) in [5, 5.41) is 0. The Morgan fingerprint density at radius 1 is 1.21 bits per heavy atom. The minimum atomic E-state index is 0.372. The predicted octanol–water partition coefficient (Wildman–Crippen LogP) is 1.47. The first-order valence-electron chi connectivity index (χ1n) is 5.71. The van der Waals surface area contributed by atoms with Gasteiger partial charge in [-0.25, -0.2) is 0 Å². The molecule has 0 fully saturated rings. The highest BCUT2D eigenvalue weighted by atomic mass is 16.5. The van der Waals surface area contributed by atoms with E-state index >= 15 is 0 Å². The molecule has 3 nitrogen and oxygen atoms in total. The van der Waals surface area contributed by atoms with E-state index in [2.05, 4.69) is 18.7 Å². The van der Waals surface area contributed by atoms with E-state index in [0.717, 1.165) is 39.1 Å². The Balaban J connectivity index is 3.50. The largest absolute Gasteiger partial charge is 0.383 e. The lowest BCUT2D eigenvalue weighted by atomic mass is 10.1. The molecule has 0 spiro atoms. The first kappa shape index (κ1) is 13.9. The molecule has 0 amide bonds. The number of nitrogens with zero attached hydrogens (tertiary/aromatic N) is 1. The van der Waals surface area contributed by atoms with Gasteiger partial charge in [-0.15, -0.1) is 0 Å². The van der Waals surface area contributed by atoms with Crippen molar-refractivity contribution < 1.29 is 4.74 Å². The van der Waals surface area contributed by atoms with E-state index in [4.69, 9.17) is 10.5 Å². The molecule has 0 bridgehead atoms. The Labute approximate surface area is 88.6 Å². The fourth-order valence-corrected chi connectivity index (χ4v) is 1.51. The summed E-state index contributed by atoms with van der Waals surface area (Å²) in [7, 11) is 1.75. The topological polar surface area (TPSA) is 38.5 Å². The molecular formula is C11H26N2O. The van der Waals surface area contributed by atoms with Gasteiger partial charge in [0.1, 0.15) is 0 Å². The zero-order chi connectivity index (χ0) is 10.8. The lowest BCUT2D eigenvalue weighted by molar-refractivity contribution is 0.148. The molecule has 0 aliphatic rings. The lowest BCUT2D eigenvalue weighted by Gasteiger charge is -2.21. The summed E-state index contributed by atoms with van der Waals surface area (Å²) in [6, 6.07) is 0.372. The van der Waals surface area contributed by atoms with Crippen LogP contribution < -0.4 is 5.73 Å². The molecule has 1 unspecified atom stereocenters. The number of hydrogen-bond acceptors (Lipinski definition) is 3. The van der Waals surface area contributed by atoms with Gasteiger partial charge in [-0.2, -0.15) is 0 Å². The maximum atomic E-state index is 5.96. The second-order valence-electron chi connectivity index (χ2n) is 3.76. The molecule has 0 heterocycles. The van der Waals surface area contributed by atoms with Crippen LogP contribution in [0.1, 0.15) is 33.1 Å². The molecule has 3 heteroatoms. The van der Waals surface area contributed by atoms with Crippen molar-refractivity contribution in [2.24, 2.45) is 5.73 Å². The van der Waals surface area contributed by atoms with Gasteiger partial charge in [0.05, 0.1) is 6.61 Å². The standard InChI is InChI=1S/C11H26N2O/c1-4-6-11(12)7-8-13(5-2)9-10-14-3/h11H,4-10,12H2,1-3H3. The van der Waals surface area contributed by atoms with Gasteiger partial charge in [-0.3, -0.25) is 0 Å². The molecule has 0 aromatic rings. The summed E-state index contributed by atoms with van der Waals surface area (Å²) < 4.78 is 5.06. The molecular weight excluding hydrogens is 176 g/mol. The van der Waals surface area contributed by atoms with Crippen molar-refractivity contribution in [3.05, 3.63) is 0 Å². The Morgan fingerprint density at radius 3 is 2.43 bits per heavy atom. The summed E-state index contributed by atoms with van der Waals surface area (Å²) in [5.74, 6) is 0. The van der Waals surface area contributed by atoms with E-state index in [1.54, 1.807) is 7.11 Å². The fraction of sp³-hybridized carbons (Fsp3) is 1.00. The fourth-order valence-electron chi connectivity index (χ4n) is 1.51. The van der Waals surface area contributed by atoms with E-state index in [-0.39, 0.29) is 0 Å². The Morgan fingerprint density at radius 2 is 1.93 bits per heavy atom. The van der Waals surface area contributed by atoms with E-state index in [0.29, 0.717) is 6.04 Å². The Hall–Kier alpha value is -0.120. The van der Waals surface area contributed by atoms with E-state index in [1.807, 2.05) is 0 Å². The summed E-state index contributed by atoms with van der Waals surface area (Å²) in [6.45, 7) is 8.38. The van der Waals surface area contributed by atoms with Crippen LogP contribution in [0.25, 0.3) is 0 Å². The number of methoxy groups -OCH3 is 1. The van der Waals surface area contributed by atoms with Crippen LogP contribution in [0.5, 0.6) is 0 Å². The summed E-state index contributed by atoms with van der Waals surface area (Å²) in [4.78, 5) is 2.39. The first-order valence-corrected chi connectivity index (χ1v) is 5.71. The molecule has 0 radical (unpaired) electrons. The molecule has 0 saturated heterocycles.